The second kappa shape index (κ2) is 8.70. The van der Waals surface area contributed by atoms with Crippen molar-refractivity contribution < 1.29 is 9.53 Å². The second-order valence-electron chi connectivity index (χ2n) is 5.07. The smallest absolute Gasteiger partial charge is 0.240 e. The topological polar surface area (TPSA) is 67.7 Å². The Labute approximate surface area is 151 Å². The second-order valence-corrected chi connectivity index (χ2v) is 5.51. The van der Waals surface area contributed by atoms with Crippen LogP contribution in [0.2, 0.25) is 5.02 Å². The first kappa shape index (κ1) is 20.0. The van der Waals surface area contributed by atoms with Gasteiger partial charge >= 0.3 is 0 Å². The number of imidazole rings is 1. The van der Waals surface area contributed by atoms with Crippen LogP contribution in [0.15, 0.2) is 24.5 Å². The lowest BCUT2D eigenvalue weighted by atomic mass is 10.1. The number of nitrogens with zero attached hydrogens (tertiary/aromatic N) is 2. The Bertz CT molecular complexity index is 665. The van der Waals surface area contributed by atoms with Crippen LogP contribution in [0.5, 0.6) is 0 Å². The Balaban J connectivity index is 0.00000132. The third kappa shape index (κ3) is 4.71. The minimum atomic E-state index is -0.315. The molecule has 2 aromatic heterocycles. The summed E-state index contributed by atoms with van der Waals surface area (Å²) in [7, 11) is 0. The molecule has 6 nitrogen and oxygen atoms in total. The van der Waals surface area contributed by atoms with Crippen LogP contribution in [0.25, 0.3) is 5.65 Å². The number of rotatable bonds is 3. The van der Waals surface area contributed by atoms with Crippen LogP contribution in [0.3, 0.4) is 0 Å². The van der Waals surface area contributed by atoms with Crippen LogP contribution in [0, 0.1) is 0 Å². The first-order valence-corrected chi connectivity index (χ1v) is 7.27. The Kier molecular flexibility index (Phi) is 7.57. The van der Waals surface area contributed by atoms with Crippen LogP contribution in [-0.4, -0.2) is 40.6 Å². The van der Waals surface area contributed by atoms with Gasteiger partial charge in [-0.15, -0.1) is 24.8 Å². The van der Waals surface area contributed by atoms with Crippen LogP contribution in [-0.2, 0) is 16.1 Å². The van der Waals surface area contributed by atoms with Crippen molar-refractivity contribution in [1.82, 2.24) is 20.0 Å². The number of hydrogen-bond acceptors (Lipinski definition) is 4. The average Bonchev–Trinajstić information content (AvgIpc) is 2.87. The average molecular weight is 382 g/mol. The number of pyridine rings is 1. The quantitative estimate of drug-likeness (QED) is 0.851. The first-order valence-electron chi connectivity index (χ1n) is 6.89. The third-order valence-electron chi connectivity index (χ3n) is 3.51. The molecule has 1 fully saturated rings. The standard InChI is InChI=1S/C14H17ClN4O2.2ClH/c1-9-13(16-4-5-21-9)14(20)17-6-11-8-19-7-10(15)2-3-12(19)18-11;;/h2-3,7-9,13,16H,4-6H2,1H3,(H,17,20);2*1H/t9-,13+;;/m1../s1. The fourth-order valence-electron chi connectivity index (χ4n) is 2.42. The molecule has 1 aliphatic heterocycles. The van der Waals surface area contributed by atoms with Gasteiger partial charge in [0, 0.05) is 18.9 Å². The first-order chi connectivity index (χ1) is 10.1. The minimum absolute atomic E-state index is 0. The Morgan fingerprint density at radius 3 is 3.00 bits per heavy atom. The summed E-state index contributed by atoms with van der Waals surface area (Å²) in [6.45, 7) is 3.60. The van der Waals surface area contributed by atoms with Gasteiger partial charge in [-0.2, -0.15) is 0 Å². The normalized spacial score (nSPS) is 20.4. The number of morpholine rings is 1. The number of nitrogens with one attached hydrogen (secondary N) is 2. The largest absolute Gasteiger partial charge is 0.375 e. The van der Waals surface area contributed by atoms with Crippen molar-refractivity contribution in [3.05, 3.63) is 35.2 Å². The van der Waals surface area contributed by atoms with Gasteiger partial charge in [-0.1, -0.05) is 11.6 Å². The number of carbonyl (C=O) groups is 1. The number of amides is 1. The minimum Gasteiger partial charge on any atom is -0.375 e. The van der Waals surface area contributed by atoms with Crippen molar-refractivity contribution in [1.29, 1.82) is 0 Å². The van der Waals surface area contributed by atoms with E-state index in [1.807, 2.05) is 23.6 Å². The summed E-state index contributed by atoms with van der Waals surface area (Å²) in [6.07, 6.45) is 3.52. The lowest BCUT2D eigenvalue weighted by Crippen LogP contribution is -2.55. The SMILES string of the molecule is C[C@H]1OCCN[C@@H]1C(=O)NCc1cn2cc(Cl)ccc2n1.Cl.Cl. The van der Waals surface area contributed by atoms with Crippen LogP contribution in [0.4, 0.5) is 0 Å². The Hall–Kier alpha value is -1.05. The van der Waals surface area contributed by atoms with E-state index in [0.717, 1.165) is 11.3 Å². The summed E-state index contributed by atoms with van der Waals surface area (Å²) in [5.74, 6) is -0.0720. The monoisotopic (exact) mass is 380 g/mol. The third-order valence-corrected chi connectivity index (χ3v) is 3.73. The predicted molar refractivity (Wildman–Crippen MR) is 93.7 cm³/mol. The molecule has 1 saturated heterocycles. The highest BCUT2D eigenvalue weighted by atomic mass is 35.5. The summed E-state index contributed by atoms with van der Waals surface area (Å²) in [6, 6.07) is 3.31. The van der Waals surface area contributed by atoms with E-state index in [2.05, 4.69) is 15.6 Å². The van der Waals surface area contributed by atoms with E-state index < -0.39 is 0 Å². The van der Waals surface area contributed by atoms with Crippen molar-refractivity contribution >= 4 is 48.0 Å². The highest BCUT2D eigenvalue weighted by Gasteiger charge is 2.27. The summed E-state index contributed by atoms with van der Waals surface area (Å²) in [5.41, 5.74) is 1.59. The number of ether oxygens (including phenoxy) is 1. The highest BCUT2D eigenvalue weighted by Crippen LogP contribution is 2.12. The zero-order chi connectivity index (χ0) is 14.8. The van der Waals surface area contributed by atoms with Gasteiger partial charge in [0.1, 0.15) is 11.7 Å². The number of aromatic nitrogens is 2. The van der Waals surface area contributed by atoms with Crippen LogP contribution < -0.4 is 10.6 Å². The molecule has 9 heteroatoms. The van der Waals surface area contributed by atoms with Crippen LogP contribution >= 0.6 is 36.4 Å². The van der Waals surface area contributed by atoms with E-state index in [1.54, 1.807) is 12.3 Å². The molecule has 3 heterocycles. The molecule has 0 spiro atoms. The maximum atomic E-state index is 12.1. The van der Waals surface area contributed by atoms with Gasteiger partial charge in [0.15, 0.2) is 0 Å². The van der Waals surface area contributed by atoms with Crippen LogP contribution in [0.1, 0.15) is 12.6 Å². The molecule has 2 atom stereocenters. The Morgan fingerprint density at radius 1 is 1.48 bits per heavy atom. The van der Waals surface area contributed by atoms with Crippen molar-refractivity contribution in [3.8, 4) is 0 Å². The van der Waals surface area contributed by atoms with E-state index in [9.17, 15) is 4.79 Å². The molecular weight excluding hydrogens is 363 g/mol. The molecule has 1 aliphatic rings. The molecule has 0 aliphatic carbocycles. The van der Waals surface area contributed by atoms with E-state index in [4.69, 9.17) is 16.3 Å². The van der Waals surface area contributed by atoms with Crippen molar-refractivity contribution in [2.24, 2.45) is 0 Å². The molecule has 0 radical (unpaired) electrons. The molecule has 2 N–H and O–H groups in total. The maximum Gasteiger partial charge on any atom is 0.240 e. The molecule has 0 aromatic carbocycles. The highest BCUT2D eigenvalue weighted by molar-refractivity contribution is 6.30. The van der Waals surface area contributed by atoms with E-state index in [0.29, 0.717) is 24.7 Å². The summed E-state index contributed by atoms with van der Waals surface area (Å²) in [4.78, 5) is 16.6. The molecule has 0 saturated carbocycles. The van der Waals surface area contributed by atoms with Gasteiger partial charge in [-0.05, 0) is 19.1 Å². The zero-order valence-corrected chi connectivity index (χ0v) is 14.9. The molecular formula is C14H19Cl3N4O2. The molecule has 2 aromatic rings. The van der Waals surface area contributed by atoms with Gasteiger partial charge in [0.2, 0.25) is 5.91 Å². The van der Waals surface area contributed by atoms with Gasteiger partial charge in [-0.3, -0.25) is 4.79 Å². The maximum absolute atomic E-state index is 12.1. The number of carbonyl (C=O) groups excluding carboxylic acids is 1. The number of fused-ring (bicyclic) bond motifs is 1. The number of hydrogen-bond donors (Lipinski definition) is 2. The fourth-order valence-corrected chi connectivity index (χ4v) is 2.59. The molecule has 0 unspecified atom stereocenters. The lowest BCUT2D eigenvalue weighted by molar-refractivity contribution is -0.129. The zero-order valence-electron chi connectivity index (χ0n) is 12.5. The van der Waals surface area contributed by atoms with Crippen molar-refractivity contribution in [2.75, 3.05) is 13.2 Å². The van der Waals surface area contributed by atoms with Crippen molar-refractivity contribution in [2.45, 2.75) is 25.6 Å². The molecule has 1 amide bonds. The number of halogens is 3. The van der Waals surface area contributed by atoms with Gasteiger partial charge < -0.3 is 19.8 Å². The van der Waals surface area contributed by atoms with Gasteiger partial charge in [-0.25, -0.2) is 4.98 Å². The van der Waals surface area contributed by atoms with E-state index in [1.165, 1.54) is 0 Å². The van der Waals surface area contributed by atoms with Crippen molar-refractivity contribution in [3.63, 3.8) is 0 Å². The van der Waals surface area contributed by atoms with E-state index >= 15 is 0 Å². The molecule has 0 bridgehead atoms. The fraction of sp³-hybridized carbons (Fsp3) is 0.429. The van der Waals surface area contributed by atoms with E-state index in [-0.39, 0.29) is 42.9 Å². The lowest BCUT2D eigenvalue weighted by Gasteiger charge is -2.29. The molecule has 128 valence electrons. The molecule has 3 rings (SSSR count). The van der Waals surface area contributed by atoms with Gasteiger partial charge in [0.05, 0.1) is 30.0 Å². The summed E-state index contributed by atoms with van der Waals surface area (Å²) >= 11 is 5.93. The Morgan fingerprint density at radius 2 is 2.26 bits per heavy atom. The summed E-state index contributed by atoms with van der Waals surface area (Å²) in [5, 5.41) is 6.69. The predicted octanol–water partition coefficient (Wildman–Crippen LogP) is 1.82. The van der Waals surface area contributed by atoms with Gasteiger partial charge in [0.25, 0.3) is 0 Å². The summed E-state index contributed by atoms with van der Waals surface area (Å²) < 4.78 is 7.31. The molecule has 23 heavy (non-hydrogen) atoms.